The van der Waals surface area contributed by atoms with Gasteiger partial charge in [-0.2, -0.15) is 0 Å². The maximum absolute atomic E-state index is 13.7. The predicted octanol–water partition coefficient (Wildman–Crippen LogP) is 4.40. The smallest absolute Gasteiger partial charge is 0.123 e. The van der Waals surface area contributed by atoms with Gasteiger partial charge in [-0.3, -0.25) is 0 Å². The molecule has 0 fully saturated rings. The van der Waals surface area contributed by atoms with Crippen molar-refractivity contribution < 1.29 is 4.39 Å². The molecule has 0 N–H and O–H groups in total. The lowest BCUT2D eigenvalue weighted by molar-refractivity contribution is 0.312. The summed E-state index contributed by atoms with van der Waals surface area (Å²) in [6.45, 7) is 1.91. The van der Waals surface area contributed by atoms with Crippen molar-refractivity contribution in [3.05, 3.63) is 71.2 Å². The molecule has 4 rings (SSSR count). The highest BCUT2D eigenvalue weighted by Gasteiger charge is 2.21. The Morgan fingerprint density at radius 3 is 2.74 bits per heavy atom. The van der Waals surface area contributed by atoms with Gasteiger partial charge in [-0.05, 0) is 42.4 Å². The third-order valence-corrected chi connectivity index (χ3v) is 4.56. The van der Waals surface area contributed by atoms with Crippen LogP contribution in [0, 0.1) is 5.82 Å². The van der Waals surface area contributed by atoms with Crippen molar-refractivity contribution in [1.82, 2.24) is 9.47 Å². The third kappa shape index (κ3) is 2.57. The summed E-state index contributed by atoms with van der Waals surface area (Å²) in [4.78, 5) is 2.29. The minimum absolute atomic E-state index is 0.169. The molecular weight excluding hydrogens is 287 g/mol. The van der Waals surface area contributed by atoms with Crippen molar-refractivity contribution in [1.29, 1.82) is 0 Å². The molecule has 2 heterocycles. The predicted molar refractivity (Wildman–Crippen MR) is 93.6 cm³/mol. The topological polar surface area (TPSA) is 8.17 Å². The Morgan fingerprint density at radius 2 is 1.91 bits per heavy atom. The van der Waals surface area contributed by atoms with Crippen LogP contribution in [0.5, 0.6) is 0 Å². The van der Waals surface area contributed by atoms with Crippen LogP contribution in [0.3, 0.4) is 0 Å². The first kappa shape index (κ1) is 14.2. The molecule has 0 bridgehead atoms. The second-order valence-electron chi connectivity index (χ2n) is 6.17. The first-order valence-electron chi connectivity index (χ1n) is 7.95. The summed E-state index contributed by atoms with van der Waals surface area (Å²) in [6.07, 6.45) is 5.21. The Kier molecular flexibility index (Phi) is 3.50. The Morgan fingerprint density at radius 1 is 1.09 bits per heavy atom. The monoisotopic (exact) mass is 306 g/mol. The summed E-state index contributed by atoms with van der Waals surface area (Å²) in [7, 11) is 2.12. The van der Waals surface area contributed by atoms with E-state index in [4.69, 9.17) is 0 Å². The second-order valence-corrected chi connectivity index (χ2v) is 6.17. The van der Waals surface area contributed by atoms with Crippen molar-refractivity contribution in [3.8, 4) is 0 Å². The zero-order valence-electron chi connectivity index (χ0n) is 13.2. The Bertz CT molecular complexity index is 878. The van der Waals surface area contributed by atoms with Crippen molar-refractivity contribution in [2.75, 3.05) is 13.6 Å². The molecule has 23 heavy (non-hydrogen) atoms. The van der Waals surface area contributed by atoms with Gasteiger partial charge in [0.05, 0.1) is 5.52 Å². The first-order valence-corrected chi connectivity index (χ1v) is 7.95. The van der Waals surface area contributed by atoms with Crippen molar-refractivity contribution in [3.63, 3.8) is 0 Å². The van der Waals surface area contributed by atoms with Crippen LogP contribution in [-0.2, 0) is 13.0 Å². The van der Waals surface area contributed by atoms with Crippen LogP contribution < -0.4 is 0 Å². The van der Waals surface area contributed by atoms with Crippen LogP contribution in [0.2, 0.25) is 0 Å². The van der Waals surface area contributed by atoms with Crippen LogP contribution in [0.4, 0.5) is 4.39 Å². The van der Waals surface area contributed by atoms with Gasteiger partial charge in [0.2, 0.25) is 0 Å². The van der Waals surface area contributed by atoms with E-state index >= 15 is 0 Å². The maximum Gasteiger partial charge on any atom is 0.123 e. The lowest BCUT2D eigenvalue weighted by atomic mass is 10.1. The lowest BCUT2D eigenvalue weighted by Gasteiger charge is -2.23. The number of likely N-dealkylation sites (N-methyl/N-ethyl adjacent to an activating group) is 1. The molecule has 3 heteroatoms. The van der Waals surface area contributed by atoms with Gasteiger partial charge in [-0.15, -0.1) is 0 Å². The fraction of sp³-hybridized carbons (Fsp3) is 0.200. The van der Waals surface area contributed by atoms with E-state index in [-0.39, 0.29) is 5.82 Å². The molecule has 1 aliphatic rings. The van der Waals surface area contributed by atoms with Gasteiger partial charge in [-0.1, -0.05) is 30.3 Å². The number of nitrogens with zero attached hydrogens (tertiary/aromatic N) is 2. The van der Waals surface area contributed by atoms with Crippen molar-refractivity contribution >= 4 is 23.2 Å². The zero-order chi connectivity index (χ0) is 15.8. The number of fused-ring (bicyclic) bond motifs is 3. The molecule has 0 saturated heterocycles. The Balaban J connectivity index is 1.87. The summed E-state index contributed by atoms with van der Waals surface area (Å²) < 4.78 is 15.9. The van der Waals surface area contributed by atoms with E-state index in [1.807, 2.05) is 24.3 Å². The molecule has 0 amide bonds. The number of rotatable bonds is 2. The summed E-state index contributed by atoms with van der Waals surface area (Å²) in [5.74, 6) is -0.169. The van der Waals surface area contributed by atoms with E-state index in [9.17, 15) is 4.39 Å². The van der Waals surface area contributed by atoms with Crippen LogP contribution in [0.25, 0.3) is 23.2 Å². The largest absolute Gasteiger partial charge is 0.320 e. The molecule has 3 aromatic rings. The summed E-state index contributed by atoms with van der Waals surface area (Å²) in [5, 5.41) is 1.03. The molecule has 0 aliphatic carbocycles. The first-order chi connectivity index (χ1) is 11.2. The van der Waals surface area contributed by atoms with E-state index in [1.165, 1.54) is 11.3 Å². The van der Waals surface area contributed by atoms with Gasteiger partial charge in [0.1, 0.15) is 5.82 Å². The van der Waals surface area contributed by atoms with E-state index < -0.39 is 0 Å². The molecule has 0 saturated carbocycles. The average molecular weight is 306 g/mol. The van der Waals surface area contributed by atoms with Gasteiger partial charge >= 0.3 is 0 Å². The number of hydrogen-bond donors (Lipinski definition) is 0. The van der Waals surface area contributed by atoms with Crippen LogP contribution >= 0.6 is 0 Å². The highest BCUT2D eigenvalue weighted by atomic mass is 19.1. The molecule has 2 aromatic carbocycles. The molecule has 0 spiro atoms. The standard InChI is InChI=1S/C20H19FN2/c1-22-11-10-20-18(14-22)17-13-16(21)7-8-19(17)23(20)12-9-15-5-3-2-4-6-15/h2-9,12-13H,10-11,14H2,1H3/b12-9-. The van der Waals surface area contributed by atoms with Crippen molar-refractivity contribution in [2.24, 2.45) is 0 Å². The molecule has 1 aromatic heterocycles. The SMILES string of the molecule is CN1CCc2c(c3cc(F)ccc3n2/C=C\c2ccccc2)C1. The van der Waals surface area contributed by atoms with Crippen LogP contribution in [-0.4, -0.2) is 23.1 Å². The number of aromatic nitrogens is 1. The Labute approximate surface area is 135 Å². The zero-order valence-corrected chi connectivity index (χ0v) is 13.2. The van der Waals surface area contributed by atoms with E-state index in [0.29, 0.717) is 0 Å². The molecule has 116 valence electrons. The molecule has 1 aliphatic heterocycles. The lowest BCUT2D eigenvalue weighted by Crippen LogP contribution is -2.26. The Hall–Kier alpha value is -2.39. The molecular formula is C20H19FN2. The summed E-state index contributed by atoms with van der Waals surface area (Å²) in [5.41, 5.74) is 4.80. The van der Waals surface area contributed by atoms with Crippen LogP contribution in [0.15, 0.2) is 48.5 Å². The average Bonchev–Trinajstić information content (AvgIpc) is 2.86. The minimum atomic E-state index is -0.169. The van der Waals surface area contributed by atoms with Crippen LogP contribution in [0.1, 0.15) is 16.8 Å². The van der Waals surface area contributed by atoms with Crippen molar-refractivity contribution in [2.45, 2.75) is 13.0 Å². The van der Waals surface area contributed by atoms with E-state index in [2.05, 4.69) is 40.9 Å². The molecule has 0 unspecified atom stereocenters. The summed E-state index contributed by atoms with van der Waals surface area (Å²) >= 11 is 0. The summed E-state index contributed by atoms with van der Waals surface area (Å²) in [6, 6.07) is 15.4. The van der Waals surface area contributed by atoms with Gasteiger partial charge in [0.15, 0.2) is 0 Å². The maximum atomic E-state index is 13.7. The van der Waals surface area contributed by atoms with E-state index in [1.54, 1.807) is 12.1 Å². The quantitative estimate of drug-likeness (QED) is 0.681. The minimum Gasteiger partial charge on any atom is -0.320 e. The van der Waals surface area contributed by atoms with Gasteiger partial charge in [0.25, 0.3) is 0 Å². The van der Waals surface area contributed by atoms with E-state index in [0.717, 1.165) is 36.0 Å². The van der Waals surface area contributed by atoms with Gasteiger partial charge in [0, 0.05) is 36.8 Å². The van der Waals surface area contributed by atoms with Gasteiger partial charge in [-0.25, -0.2) is 4.39 Å². The molecule has 0 radical (unpaired) electrons. The fourth-order valence-corrected chi connectivity index (χ4v) is 3.39. The highest BCUT2D eigenvalue weighted by Crippen LogP contribution is 2.31. The van der Waals surface area contributed by atoms with Gasteiger partial charge < -0.3 is 9.47 Å². The number of halogens is 1. The third-order valence-electron chi connectivity index (χ3n) is 4.56. The second kappa shape index (κ2) is 5.67. The molecule has 2 nitrogen and oxygen atoms in total. The highest BCUT2D eigenvalue weighted by molar-refractivity contribution is 5.88. The number of hydrogen-bond acceptors (Lipinski definition) is 1. The number of benzene rings is 2. The fourth-order valence-electron chi connectivity index (χ4n) is 3.39. The molecule has 0 atom stereocenters. The normalized spacial score (nSPS) is 15.4.